The van der Waals surface area contributed by atoms with E-state index in [0.717, 1.165) is 37.2 Å². The Balaban J connectivity index is 1.58. The molecule has 1 aliphatic rings. The van der Waals surface area contributed by atoms with E-state index in [0.29, 0.717) is 22.5 Å². The zero-order chi connectivity index (χ0) is 23.2. The first-order valence-corrected chi connectivity index (χ1v) is 10.9. The molecule has 3 heterocycles. The highest BCUT2D eigenvalue weighted by atomic mass is 35.5. The summed E-state index contributed by atoms with van der Waals surface area (Å²) in [4.78, 5) is 32.3. The largest absolute Gasteiger partial charge is 0.495 e. The van der Waals surface area contributed by atoms with Crippen molar-refractivity contribution in [3.63, 3.8) is 0 Å². The second-order valence-corrected chi connectivity index (χ2v) is 7.93. The molecule has 1 fully saturated rings. The van der Waals surface area contributed by atoms with Crippen LogP contribution in [0, 0.1) is 13.3 Å². The van der Waals surface area contributed by atoms with Crippen LogP contribution < -0.4 is 19.7 Å². The summed E-state index contributed by atoms with van der Waals surface area (Å²) < 4.78 is 11.2. The van der Waals surface area contributed by atoms with Gasteiger partial charge in [0.15, 0.2) is 5.82 Å². The minimum atomic E-state index is -0.437. The number of benzene rings is 1. The summed E-state index contributed by atoms with van der Waals surface area (Å²) in [5.74, 6) is 1.15. The fourth-order valence-electron chi connectivity index (χ4n) is 3.31. The molecule has 2 aromatic heterocycles. The number of nitrogens with zero attached hydrogens (tertiary/aromatic N) is 5. The van der Waals surface area contributed by atoms with E-state index in [1.165, 1.54) is 12.4 Å². The van der Waals surface area contributed by atoms with Crippen molar-refractivity contribution >= 4 is 29.3 Å². The van der Waals surface area contributed by atoms with Crippen LogP contribution in [0.2, 0.25) is 5.02 Å². The number of carbonyl (C=O) groups excluding carboxylic acids is 1. The van der Waals surface area contributed by atoms with Gasteiger partial charge in [-0.25, -0.2) is 9.97 Å². The summed E-state index contributed by atoms with van der Waals surface area (Å²) in [6.45, 7) is 3.57. The number of anilines is 2. The van der Waals surface area contributed by atoms with Crippen LogP contribution >= 0.6 is 11.6 Å². The van der Waals surface area contributed by atoms with Crippen molar-refractivity contribution in [2.45, 2.75) is 26.4 Å². The topological polar surface area (TPSA) is 102 Å². The lowest BCUT2D eigenvalue weighted by Crippen LogP contribution is -2.31. The lowest BCUT2D eigenvalue weighted by atomic mass is 10.1. The molecule has 1 aromatic carbocycles. The molecular weight excluding hydrogens is 444 g/mol. The molecule has 0 aliphatic carbocycles. The van der Waals surface area contributed by atoms with Gasteiger partial charge in [-0.2, -0.15) is 4.98 Å². The highest BCUT2D eigenvalue weighted by Crippen LogP contribution is 2.27. The maximum absolute atomic E-state index is 13.0. The number of hydrogen-bond donors (Lipinski definition) is 1. The monoisotopic (exact) mass is 467 g/mol. The Morgan fingerprint density at radius 2 is 2.09 bits per heavy atom. The number of carbonyl (C=O) groups is 1. The molecule has 10 heteroatoms. The van der Waals surface area contributed by atoms with E-state index in [9.17, 15) is 4.79 Å². The molecule has 1 aliphatic heterocycles. The first-order valence-electron chi connectivity index (χ1n) is 10.5. The average Bonchev–Trinajstić information content (AvgIpc) is 2.84. The maximum atomic E-state index is 13.0. The molecule has 4 rings (SSSR count). The standard InChI is InChI=1S/C23H24ClN6O3/c1-15-11-26-20(13-25-15)28-21(31)17-12-27-23(30-8-4-3-5-9-30)29-22(17)33-14-16-6-7-19(32-2)18(24)10-16/h4,6-7,10-13H,3,5,8-9,14H2,1-2H3,(H,26,28,31). The Hall–Kier alpha value is -3.46. The van der Waals surface area contributed by atoms with Crippen LogP contribution in [0.15, 0.2) is 36.8 Å². The highest BCUT2D eigenvalue weighted by molar-refractivity contribution is 6.32. The van der Waals surface area contributed by atoms with E-state index in [2.05, 4.69) is 31.7 Å². The summed E-state index contributed by atoms with van der Waals surface area (Å²) >= 11 is 6.23. The molecule has 0 saturated carbocycles. The molecular formula is C23H24ClN6O3. The van der Waals surface area contributed by atoms with Crippen molar-refractivity contribution in [1.82, 2.24) is 19.9 Å². The van der Waals surface area contributed by atoms with E-state index in [1.54, 1.807) is 25.4 Å². The van der Waals surface area contributed by atoms with Crippen LogP contribution in [0.25, 0.3) is 0 Å². The van der Waals surface area contributed by atoms with Crippen LogP contribution in [0.5, 0.6) is 11.6 Å². The van der Waals surface area contributed by atoms with Gasteiger partial charge in [0.25, 0.3) is 5.91 Å². The van der Waals surface area contributed by atoms with Gasteiger partial charge < -0.3 is 19.7 Å². The van der Waals surface area contributed by atoms with Crippen LogP contribution in [-0.2, 0) is 6.61 Å². The minimum absolute atomic E-state index is 0.164. The zero-order valence-electron chi connectivity index (χ0n) is 18.4. The smallest absolute Gasteiger partial charge is 0.263 e. The summed E-state index contributed by atoms with van der Waals surface area (Å²) in [7, 11) is 1.56. The van der Waals surface area contributed by atoms with Gasteiger partial charge in [-0.05, 0) is 43.9 Å². The number of aromatic nitrogens is 4. The number of amides is 1. The molecule has 1 N–H and O–H groups in total. The third kappa shape index (κ3) is 5.67. The molecule has 33 heavy (non-hydrogen) atoms. The predicted molar refractivity (Wildman–Crippen MR) is 125 cm³/mol. The summed E-state index contributed by atoms with van der Waals surface area (Å²) in [5, 5.41) is 3.19. The lowest BCUT2D eigenvalue weighted by Gasteiger charge is -2.26. The molecule has 1 radical (unpaired) electrons. The third-order valence-electron chi connectivity index (χ3n) is 5.07. The van der Waals surface area contributed by atoms with Gasteiger partial charge in [0, 0.05) is 19.3 Å². The van der Waals surface area contributed by atoms with Crippen molar-refractivity contribution in [2.75, 3.05) is 30.4 Å². The number of nitrogens with one attached hydrogen (secondary N) is 1. The first kappa shape index (κ1) is 22.7. The van der Waals surface area contributed by atoms with E-state index in [4.69, 9.17) is 21.1 Å². The normalized spacial score (nSPS) is 13.5. The van der Waals surface area contributed by atoms with E-state index < -0.39 is 5.91 Å². The van der Waals surface area contributed by atoms with Gasteiger partial charge in [-0.3, -0.25) is 9.78 Å². The molecule has 0 atom stereocenters. The van der Waals surface area contributed by atoms with Crippen LogP contribution in [-0.4, -0.2) is 46.0 Å². The Labute approximate surface area is 197 Å². The van der Waals surface area contributed by atoms with Gasteiger partial charge >= 0.3 is 0 Å². The van der Waals surface area contributed by atoms with Crippen molar-refractivity contribution in [1.29, 1.82) is 0 Å². The number of methoxy groups -OCH3 is 1. The Morgan fingerprint density at radius 3 is 2.79 bits per heavy atom. The number of halogens is 1. The van der Waals surface area contributed by atoms with E-state index in [1.807, 2.05) is 17.9 Å². The van der Waals surface area contributed by atoms with Crippen LogP contribution in [0.3, 0.4) is 0 Å². The lowest BCUT2D eigenvalue weighted by molar-refractivity contribution is 0.102. The quantitative estimate of drug-likeness (QED) is 0.558. The number of rotatable bonds is 7. The SMILES string of the molecule is COc1ccc(COc2nc(N3C[CH]CCC3)ncc2C(=O)Nc2cnc(C)cn2)cc1Cl. The van der Waals surface area contributed by atoms with Gasteiger partial charge in [0.2, 0.25) is 11.8 Å². The summed E-state index contributed by atoms with van der Waals surface area (Å²) in [6, 6.07) is 5.36. The average molecular weight is 468 g/mol. The third-order valence-corrected chi connectivity index (χ3v) is 5.36. The number of aryl methyl sites for hydroxylation is 1. The fourth-order valence-corrected chi connectivity index (χ4v) is 3.59. The highest BCUT2D eigenvalue weighted by Gasteiger charge is 2.21. The first-order chi connectivity index (χ1) is 16.0. The van der Waals surface area contributed by atoms with Crippen LogP contribution in [0.1, 0.15) is 34.5 Å². The Bertz CT molecular complexity index is 1120. The molecule has 171 valence electrons. The molecule has 3 aromatic rings. The zero-order valence-corrected chi connectivity index (χ0v) is 19.2. The minimum Gasteiger partial charge on any atom is -0.495 e. The van der Waals surface area contributed by atoms with Crippen molar-refractivity contribution in [3.05, 3.63) is 65.1 Å². The van der Waals surface area contributed by atoms with E-state index in [-0.39, 0.29) is 18.1 Å². The summed E-state index contributed by atoms with van der Waals surface area (Å²) in [5.41, 5.74) is 1.76. The van der Waals surface area contributed by atoms with Gasteiger partial charge in [-0.1, -0.05) is 17.7 Å². The number of ether oxygens (including phenoxy) is 2. The molecule has 0 unspecified atom stereocenters. The number of piperidine rings is 1. The van der Waals surface area contributed by atoms with Crippen molar-refractivity contribution in [2.24, 2.45) is 0 Å². The van der Waals surface area contributed by atoms with Crippen LogP contribution in [0.4, 0.5) is 11.8 Å². The predicted octanol–water partition coefficient (Wildman–Crippen LogP) is 3.87. The molecule has 0 spiro atoms. The molecule has 1 saturated heterocycles. The molecule has 0 bridgehead atoms. The second kappa shape index (κ2) is 10.4. The molecule has 1 amide bonds. The van der Waals surface area contributed by atoms with Gasteiger partial charge in [0.05, 0.1) is 30.2 Å². The van der Waals surface area contributed by atoms with Crippen molar-refractivity contribution in [3.8, 4) is 11.6 Å². The molecule has 9 nitrogen and oxygen atoms in total. The summed E-state index contributed by atoms with van der Waals surface area (Å²) in [6.07, 6.45) is 8.82. The number of hydrogen-bond acceptors (Lipinski definition) is 8. The second-order valence-electron chi connectivity index (χ2n) is 7.52. The van der Waals surface area contributed by atoms with Gasteiger partial charge in [0.1, 0.15) is 17.9 Å². The van der Waals surface area contributed by atoms with Crippen molar-refractivity contribution < 1.29 is 14.3 Å². The van der Waals surface area contributed by atoms with E-state index >= 15 is 0 Å². The fraction of sp³-hybridized carbons (Fsp3) is 0.304. The Kier molecular flexibility index (Phi) is 7.19. The maximum Gasteiger partial charge on any atom is 0.263 e. The van der Waals surface area contributed by atoms with Gasteiger partial charge in [-0.15, -0.1) is 0 Å². The Morgan fingerprint density at radius 1 is 1.21 bits per heavy atom.